The van der Waals surface area contributed by atoms with Crippen LogP contribution in [0.2, 0.25) is 0 Å². The van der Waals surface area contributed by atoms with Crippen molar-refractivity contribution < 1.29 is 23.9 Å². The second kappa shape index (κ2) is 9.52. The molecule has 0 aliphatic heterocycles. The molecule has 0 bridgehead atoms. The van der Waals surface area contributed by atoms with Gasteiger partial charge in [0.2, 0.25) is 0 Å². The Balaban J connectivity index is 1.84. The molecule has 0 atom stereocenters. The van der Waals surface area contributed by atoms with E-state index in [0.29, 0.717) is 17.1 Å². The van der Waals surface area contributed by atoms with Gasteiger partial charge in [0.1, 0.15) is 16.9 Å². The highest BCUT2D eigenvalue weighted by Crippen LogP contribution is 2.52. The lowest BCUT2D eigenvalue weighted by molar-refractivity contribution is -0.129. The van der Waals surface area contributed by atoms with Crippen LogP contribution >= 0.6 is 0 Å². The van der Waals surface area contributed by atoms with Crippen molar-refractivity contribution in [2.24, 2.45) is 0 Å². The maximum atomic E-state index is 14.7. The molecule has 39 heavy (non-hydrogen) atoms. The lowest BCUT2D eigenvalue weighted by atomic mass is 9.67. The van der Waals surface area contributed by atoms with Crippen LogP contribution in [0.15, 0.2) is 86.0 Å². The summed E-state index contributed by atoms with van der Waals surface area (Å²) in [5, 5.41) is 1.90. The number of ketones is 1. The van der Waals surface area contributed by atoms with E-state index in [2.05, 4.69) is 13.2 Å². The average Bonchev–Trinajstić information content (AvgIpc) is 3.18. The summed E-state index contributed by atoms with van der Waals surface area (Å²) in [4.78, 5) is 38.7. The number of benzene rings is 4. The van der Waals surface area contributed by atoms with Gasteiger partial charge in [-0.3, -0.25) is 4.79 Å². The van der Waals surface area contributed by atoms with E-state index in [1.54, 1.807) is 0 Å². The Labute approximate surface area is 227 Å². The maximum absolute atomic E-state index is 14.7. The van der Waals surface area contributed by atoms with Gasteiger partial charge in [-0.15, -0.1) is 0 Å². The van der Waals surface area contributed by atoms with Crippen molar-refractivity contribution in [3.05, 3.63) is 130 Å². The van der Waals surface area contributed by atoms with Crippen molar-refractivity contribution in [1.82, 2.24) is 0 Å². The molecule has 0 unspecified atom stereocenters. The zero-order valence-electron chi connectivity index (χ0n) is 22.4. The SMILES string of the molecule is C=CC(=O)Oc1c(C)cc(C2(c3cc(C)c(OC(=O)C=C)c(C)c3)C(=O)c3cccc4cccc2c34)cc1C. The quantitative estimate of drug-likeness (QED) is 0.160. The molecule has 1 aliphatic carbocycles. The van der Waals surface area contributed by atoms with Gasteiger partial charge in [0.05, 0.1) is 0 Å². The predicted molar refractivity (Wildman–Crippen MR) is 152 cm³/mol. The summed E-state index contributed by atoms with van der Waals surface area (Å²) < 4.78 is 11.1. The lowest BCUT2D eigenvalue weighted by Gasteiger charge is -2.32. The third kappa shape index (κ3) is 3.89. The molecule has 1 aliphatic rings. The Morgan fingerprint density at radius 2 is 1.15 bits per heavy atom. The molecule has 4 aromatic carbocycles. The van der Waals surface area contributed by atoms with Crippen molar-refractivity contribution in [3.8, 4) is 11.5 Å². The molecule has 5 heteroatoms. The van der Waals surface area contributed by atoms with Crippen LogP contribution in [0.5, 0.6) is 11.5 Å². The minimum atomic E-state index is -1.17. The van der Waals surface area contributed by atoms with Gasteiger partial charge in [-0.1, -0.05) is 73.8 Å². The average molecular weight is 517 g/mol. The highest BCUT2D eigenvalue weighted by atomic mass is 16.5. The molecular weight excluding hydrogens is 488 g/mol. The molecule has 5 rings (SSSR count). The van der Waals surface area contributed by atoms with E-state index >= 15 is 0 Å². The molecule has 0 heterocycles. The van der Waals surface area contributed by atoms with Crippen molar-refractivity contribution >= 4 is 28.5 Å². The standard InChI is InChI=1S/C34H28O5/c1-7-28(35)38-31-19(3)15-24(16-20(31)4)34(25-17-21(5)32(22(6)18-25)39-29(36)8-2)27-14-10-12-23-11-9-13-26(30(23)27)33(34)37/h7-18H,1-2H2,3-6H3. The van der Waals surface area contributed by atoms with Crippen molar-refractivity contribution in [3.63, 3.8) is 0 Å². The van der Waals surface area contributed by atoms with E-state index in [4.69, 9.17) is 9.47 Å². The Kier molecular flexibility index (Phi) is 6.31. The van der Waals surface area contributed by atoms with E-state index < -0.39 is 17.4 Å². The van der Waals surface area contributed by atoms with Crippen LogP contribution in [-0.2, 0) is 15.0 Å². The number of ether oxygens (including phenoxy) is 2. The van der Waals surface area contributed by atoms with Gasteiger partial charge in [0.15, 0.2) is 5.78 Å². The van der Waals surface area contributed by atoms with Crippen LogP contribution in [0, 0.1) is 27.7 Å². The van der Waals surface area contributed by atoms with Gasteiger partial charge in [-0.2, -0.15) is 0 Å². The molecule has 4 aromatic rings. The van der Waals surface area contributed by atoms with Crippen LogP contribution in [0.1, 0.15) is 49.3 Å². The third-order valence-electron chi connectivity index (χ3n) is 7.42. The van der Waals surface area contributed by atoms with E-state index in [1.165, 1.54) is 0 Å². The molecule has 194 valence electrons. The number of hydrogen-bond acceptors (Lipinski definition) is 5. The Hall–Kier alpha value is -4.77. The van der Waals surface area contributed by atoms with Crippen LogP contribution in [0.25, 0.3) is 10.8 Å². The minimum Gasteiger partial charge on any atom is -0.423 e. The molecule has 0 saturated carbocycles. The van der Waals surface area contributed by atoms with E-state index in [0.717, 1.165) is 61.9 Å². The summed E-state index contributed by atoms with van der Waals surface area (Å²) in [5.41, 5.74) is 4.78. The van der Waals surface area contributed by atoms with Crippen molar-refractivity contribution in [2.75, 3.05) is 0 Å². The van der Waals surface area contributed by atoms with Gasteiger partial charge < -0.3 is 9.47 Å². The normalized spacial score (nSPS) is 13.3. The molecule has 0 fully saturated rings. The summed E-state index contributed by atoms with van der Waals surface area (Å²) >= 11 is 0. The summed E-state index contributed by atoms with van der Waals surface area (Å²) in [6, 6.07) is 19.4. The van der Waals surface area contributed by atoms with Crippen LogP contribution in [0.3, 0.4) is 0 Å². The van der Waals surface area contributed by atoms with Crippen molar-refractivity contribution in [1.29, 1.82) is 0 Å². The predicted octanol–water partition coefficient (Wildman–Crippen LogP) is 6.79. The van der Waals surface area contributed by atoms with Gasteiger partial charge in [0, 0.05) is 17.7 Å². The second-order valence-electron chi connectivity index (χ2n) is 9.92. The maximum Gasteiger partial charge on any atom is 0.335 e. The molecule has 0 saturated heterocycles. The first-order valence-corrected chi connectivity index (χ1v) is 12.6. The number of hydrogen-bond donors (Lipinski definition) is 0. The number of rotatable bonds is 6. The van der Waals surface area contributed by atoms with Crippen LogP contribution in [0.4, 0.5) is 0 Å². The molecular formula is C34H28O5. The van der Waals surface area contributed by atoms with E-state index in [9.17, 15) is 14.4 Å². The number of esters is 2. The topological polar surface area (TPSA) is 69.7 Å². The van der Waals surface area contributed by atoms with Crippen LogP contribution < -0.4 is 9.47 Å². The summed E-state index contributed by atoms with van der Waals surface area (Å²) in [7, 11) is 0. The molecule has 0 spiro atoms. The molecule has 5 nitrogen and oxygen atoms in total. The first-order chi connectivity index (χ1) is 18.6. The highest BCUT2D eigenvalue weighted by Gasteiger charge is 2.50. The largest absolute Gasteiger partial charge is 0.423 e. The lowest BCUT2D eigenvalue weighted by Crippen LogP contribution is -2.35. The fraction of sp³-hybridized carbons (Fsp3) is 0.147. The molecule has 0 radical (unpaired) electrons. The number of carbonyl (C=O) groups is 3. The molecule has 0 aromatic heterocycles. The fourth-order valence-electron chi connectivity index (χ4n) is 5.85. The van der Waals surface area contributed by atoms with Gasteiger partial charge in [-0.05, 0) is 77.4 Å². The smallest absolute Gasteiger partial charge is 0.335 e. The zero-order valence-corrected chi connectivity index (χ0v) is 22.4. The number of aryl methyl sites for hydroxylation is 4. The number of carbonyl (C=O) groups excluding carboxylic acids is 3. The Morgan fingerprint density at radius 3 is 1.59 bits per heavy atom. The Morgan fingerprint density at radius 1 is 0.718 bits per heavy atom. The van der Waals surface area contributed by atoms with Gasteiger partial charge >= 0.3 is 11.9 Å². The van der Waals surface area contributed by atoms with E-state index in [-0.39, 0.29) is 5.78 Å². The highest BCUT2D eigenvalue weighted by molar-refractivity contribution is 6.23. The molecule has 0 N–H and O–H groups in total. The van der Waals surface area contributed by atoms with Crippen molar-refractivity contribution in [2.45, 2.75) is 33.1 Å². The molecule has 0 amide bonds. The minimum absolute atomic E-state index is 0.0430. The second-order valence-corrected chi connectivity index (χ2v) is 9.92. The third-order valence-corrected chi connectivity index (χ3v) is 7.42. The summed E-state index contributed by atoms with van der Waals surface area (Å²) in [5.74, 6) is -0.251. The number of Topliss-reactive ketones (excluding diaryl/α,β-unsaturated/α-hetero) is 1. The Bertz CT molecular complexity index is 1610. The first kappa shape index (κ1) is 25.9. The summed E-state index contributed by atoms with van der Waals surface area (Å²) in [6.07, 6.45) is 2.25. The van der Waals surface area contributed by atoms with E-state index in [1.807, 2.05) is 88.4 Å². The first-order valence-electron chi connectivity index (χ1n) is 12.6. The monoisotopic (exact) mass is 516 g/mol. The van der Waals surface area contributed by atoms with Gasteiger partial charge in [-0.25, -0.2) is 9.59 Å². The zero-order chi connectivity index (χ0) is 28.1. The van der Waals surface area contributed by atoms with Crippen LogP contribution in [-0.4, -0.2) is 17.7 Å². The fourth-order valence-corrected chi connectivity index (χ4v) is 5.85. The summed E-state index contributed by atoms with van der Waals surface area (Å²) in [6.45, 7) is 14.4. The van der Waals surface area contributed by atoms with Gasteiger partial charge in [0.25, 0.3) is 0 Å².